The third-order valence-electron chi connectivity index (χ3n) is 5.22. The number of rotatable bonds is 8. The first-order valence-electron chi connectivity index (χ1n) is 10.3. The Labute approximate surface area is 175 Å². The van der Waals surface area contributed by atoms with Crippen LogP contribution < -0.4 is 10.6 Å². The van der Waals surface area contributed by atoms with E-state index in [2.05, 4.69) is 34.7 Å². The first-order valence-corrected chi connectivity index (χ1v) is 10.3. The molecule has 158 valence electrons. The number of hydrogen-bond donors (Lipinski definition) is 2. The molecule has 1 fully saturated rings. The fourth-order valence-corrected chi connectivity index (χ4v) is 3.50. The van der Waals surface area contributed by atoms with Crippen molar-refractivity contribution in [3.05, 3.63) is 47.8 Å². The second-order valence-corrected chi connectivity index (χ2v) is 7.47. The van der Waals surface area contributed by atoms with Crippen molar-refractivity contribution in [3.8, 4) is 11.1 Å². The zero-order valence-electron chi connectivity index (χ0n) is 17.2. The summed E-state index contributed by atoms with van der Waals surface area (Å²) in [4.78, 5) is 28.7. The van der Waals surface area contributed by atoms with Gasteiger partial charge in [0, 0.05) is 34.8 Å². The van der Waals surface area contributed by atoms with Crippen LogP contribution in [0, 0.1) is 5.92 Å². The van der Waals surface area contributed by atoms with Crippen molar-refractivity contribution in [2.24, 2.45) is 5.92 Å². The molecule has 1 aromatic heterocycles. The molecule has 0 atom stereocenters. The van der Waals surface area contributed by atoms with Crippen LogP contribution in [0.5, 0.6) is 0 Å². The van der Waals surface area contributed by atoms with Gasteiger partial charge in [-0.15, -0.1) is 0 Å². The minimum absolute atomic E-state index is 0. The smallest absolute Gasteiger partial charge is 0.238 e. The van der Waals surface area contributed by atoms with Gasteiger partial charge in [-0.2, -0.15) is 0 Å². The zero-order valence-corrected chi connectivity index (χ0v) is 17.2. The van der Waals surface area contributed by atoms with Gasteiger partial charge in [0.2, 0.25) is 5.91 Å². The fraction of sp³-hybridized carbons (Fsp3) is 0.435. The Morgan fingerprint density at radius 1 is 1.21 bits per heavy atom. The fourth-order valence-electron chi connectivity index (χ4n) is 3.50. The Bertz CT molecular complexity index is 871. The second kappa shape index (κ2) is 10.3. The first kappa shape index (κ1) is 21.1. The number of ether oxygens (including phenoxy) is 1. The Morgan fingerprint density at radius 2 is 2.00 bits per heavy atom. The second-order valence-electron chi connectivity index (χ2n) is 7.47. The maximum atomic E-state index is 12.4. The van der Waals surface area contributed by atoms with Gasteiger partial charge in [0.15, 0.2) is 5.78 Å². The minimum atomic E-state index is -0.180. The van der Waals surface area contributed by atoms with E-state index < -0.39 is 0 Å². The van der Waals surface area contributed by atoms with Crippen molar-refractivity contribution in [3.63, 3.8) is 0 Å². The quantitative estimate of drug-likeness (QED) is 0.657. The van der Waals surface area contributed by atoms with E-state index in [1.165, 1.54) is 12.5 Å². The van der Waals surface area contributed by atoms with E-state index in [0.717, 1.165) is 50.1 Å². The lowest BCUT2D eigenvalue weighted by molar-refractivity contribution is -0.115. The molecule has 6 heteroatoms. The standard InChI is InChI=1S/C23H29N3O3.2H2/c1-3-17-5-4-6-19(11-17)20-12-21(23(16(2)27)25-14-20)26-22(28)15-24-13-18-7-9-29-10-8-18;;/h4-6,11-12,14,18,24H,3,7-10,13,15H2,1-2H3,(H,26,28);2*1H. The van der Waals surface area contributed by atoms with Crippen molar-refractivity contribution >= 4 is 17.4 Å². The predicted octanol–water partition coefficient (Wildman–Crippen LogP) is 3.96. The molecule has 1 amide bonds. The highest BCUT2D eigenvalue weighted by atomic mass is 16.5. The number of ketones is 1. The summed E-state index contributed by atoms with van der Waals surface area (Å²) in [5.41, 5.74) is 3.84. The number of carbonyl (C=O) groups excluding carboxylic acids is 2. The van der Waals surface area contributed by atoms with Crippen LogP contribution in [0.25, 0.3) is 11.1 Å². The molecular formula is C23H33N3O3. The molecule has 0 radical (unpaired) electrons. The lowest BCUT2D eigenvalue weighted by Crippen LogP contribution is -2.34. The van der Waals surface area contributed by atoms with Gasteiger partial charge in [-0.1, -0.05) is 31.2 Å². The number of Topliss-reactive ketones (excluding diaryl/α,β-unsaturated/α-hetero) is 1. The molecule has 2 heterocycles. The highest BCUT2D eigenvalue weighted by Crippen LogP contribution is 2.25. The molecule has 29 heavy (non-hydrogen) atoms. The number of aromatic nitrogens is 1. The van der Waals surface area contributed by atoms with Crippen LogP contribution in [0.3, 0.4) is 0 Å². The van der Waals surface area contributed by atoms with Crippen molar-refractivity contribution in [1.82, 2.24) is 10.3 Å². The van der Waals surface area contributed by atoms with Gasteiger partial charge >= 0.3 is 0 Å². The monoisotopic (exact) mass is 399 g/mol. The summed E-state index contributed by atoms with van der Waals surface area (Å²) >= 11 is 0. The molecule has 1 aromatic carbocycles. The molecule has 2 aromatic rings. The average Bonchev–Trinajstić information content (AvgIpc) is 2.74. The number of pyridine rings is 1. The van der Waals surface area contributed by atoms with Gasteiger partial charge in [-0.3, -0.25) is 14.6 Å². The third-order valence-corrected chi connectivity index (χ3v) is 5.22. The molecule has 0 spiro atoms. The van der Waals surface area contributed by atoms with Crippen molar-refractivity contribution in [2.75, 3.05) is 31.6 Å². The number of anilines is 1. The molecule has 1 aliphatic rings. The van der Waals surface area contributed by atoms with Crippen LogP contribution in [-0.4, -0.2) is 43.0 Å². The van der Waals surface area contributed by atoms with E-state index in [1.54, 1.807) is 6.20 Å². The van der Waals surface area contributed by atoms with Crippen molar-refractivity contribution in [2.45, 2.75) is 33.1 Å². The summed E-state index contributed by atoms with van der Waals surface area (Å²) in [6.45, 7) is 6.13. The van der Waals surface area contributed by atoms with Gasteiger partial charge in [0.05, 0.1) is 12.2 Å². The summed E-state index contributed by atoms with van der Waals surface area (Å²) in [5, 5.41) is 6.07. The van der Waals surface area contributed by atoms with Gasteiger partial charge < -0.3 is 15.4 Å². The molecule has 0 saturated carbocycles. The topological polar surface area (TPSA) is 80.3 Å². The predicted molar refractivity (Wildman–Crippen MR) is 118 cm³/mol. The minimum Gasteiger partial charge on any atom is -0.381 e. The summed E-state index contributed by atoms with van der Waals surface area (Å²) in [6.07, 6.45) is 4.66. The van der Waals surface area contributed by atoms with E-state index in [1.807, 2.05) is 18.2 Å². The SMILES string of the molecule is CCc1cccc(-c2cnc(C(C)=O)c(NC(=O)CNCC3CCOCC3)c2)c1.[HH].[HH]. The molecule has 1 saturated heterocycles. The normalized spacial score (nSPS) is 14.6. The number of hydrogen-bond acceptors (Lipinski definition) is 5. The number of aryl methyl sites for hydroxylation is 1. The molecule has 0 bridgehead atoms. The van der Waals surface area contributed by atoms with Gasteiger partial charge in [-0.05, 0) is 48.9 Å². The molecule has 0 unspecified atom stereocenters. The van der Waals surface area contributed by atoms with Crippen LogP contribution in [0.1, 0.15) is 45.6 Å². The summed E-state index contributed by atoms with van der Waals surface area (Å²) < 4.78 is 5.36. The van der Waals surface area contributed by atoms with Gasteiger partial charge in [0.1, 0.15) is 5.69 Å². The number of carbonyl (C=O) groups is 2. The summed E-state index contributed by atoms with van der Waals surface area (Å²) in [5.74, 6) is 0.185. The third kappa shape index (κ3) is 5.95. The molecule has 0 aliphatic carbocycles. The van der Waals surface area contributed by atoms with Crippen molar-refractivity contribution < 1.29 is 17.2 Å². The Kier molecular flexibility index (Phi) is 7.49. The Balaban J connectivity index is 0.00000240. The number of nitrogens with one attached hydrogen (secondary N) is 2. The molecule has 3 rings (SSSR count). The molecular weight excluding hydrogens is 366 g/mol. The van der Waals surface area contributed by atoms with Gasteiger partial charge in [0.25, 0.3) is 0 Å². The lowest BCUT2D eigenvalue weighted by Gasteiger charge is -2.22. The number of nitrogens with zero attached hydrogens (tertiary/aromatic N) is 1. The van der Waals surface area contributed by atoms with E-state index >= 15 is 0 Å². The van der Waals surface area contributed by atoms with E-state index in [9.17, 15) is 9.59 Å². The first-order chi connectivity index (χ1) is 14.1. The van der Waals surface area contributed by atoms with Crippen LogP contribution in [0.4, 0.5) is 5.69 Å². The molecule has 6 nitrogen and oxygen atoms in total. The Morgan fingerprint density at radius 3 is 2.72 bits per heavy atom. The van der Waals surface area contributed by atoms with E-state index in [4.69, 9.17) is 4.74 Å². The lowest BCUT2D eigenvalue weighted by atomic mass is 10.0. The molecule has 2 N–H and O–H groups in total. The molecule has 1 aliphatic heterocycles. The van der Waals surface area contributed by atoms with Crippen molar-refractivity contribution in [1.29, 1.82) is 0 Å². The van der Waals surface area contributed by atoms with Crippen LogP contribution in [-0.2, 0) is 16.0 Å². The number of amides is 1. The summed E-state index contributed by atoms with van der Waals surface area (Å²) in [6, 6.07) is 10.0. The summed E-state index contributed by atoms with van der Waals surface area (Å²) in [7, 11) is 0. The maximum absolute atomic E-state index is 12.4. The number of benzene rings is 1. The van der Waals surface area contributed by atoms with Crippen LogP contribution in [0.15, 0.2) is 36.5 Å². The zero-order chi connectivity index (χ0) is 20.6. The maximum Gasteiger partial charge on any atom is 0.238 e. The highest BCUT2D eigenvalue weighted by Gasteiger charge is 2.16. The van der Waals surface area contributed by atoms with Crippen LogP contribution >= 0.6 is 0 Å². The highest BCUT2D eigenvalue weighted by molar-refractivity contribution is 6.03. The Hall–Kier alpha value is -2.57. The average molecular weight is 400 g/mol. The van der Waals surface area contributed by atoms with Gasteiger partial charge in [-0.25, -0.2) is 0 Å². The largest absolute Gasteiger partial charge is 0.381 e. The van der Waals surface area contributed by atoms with E-state index in [0.29, 0.717) is 11.6 Å². The van der Waals surface area contributed by atoms with E-state index in [-0.39, 0.29) is 26.8 Å². The van der Waals surface area contributed by atoms with Crippen LogP contribution in [0.2, 0.25) is 0 Å².